The van der Waals surface area contributed by atoms with Gasteiger partial charge < -0.3 is 20.0 Å². The third-order valence-electron chi connectivity index (χ3n) is 4.89. The van der Waals surface area contributed by atoms with E-state index >= 15 is 0 Å². The van der Waals surface area contributed by atoms with E-state index in [4.69, 9.17) is 0 Å². The number of nitrogens with one attached hydrogen (secondary N) is 1. The van der Waals surface area contributed by atoms with Crippen molar-refractivity contribution in [3.63, 3.8) is 0 Å². The lowest BCUT2D eigenvalue weighted by molar-refractivity contribution is -0.145. The first-order chi connectivity index (χ1) is 10.7. The molecule has 1 amide bonds. The quantitative estimate of drug-likeness (QED) is 0.618. The number of piperazine rings is 1. The Hall–Kier alpha value is -1.30. The Morgan fingerprint density at radius 3 is 2.61 bits per heavy atom. The molecule has 6 nitrogen and oxygen atoms in total. The van der Waals surface area contributed by atoms with Gasteiger partial charge in [0.15, 0.2) is 5.96 Å². The van der Waals surface area contributed by atoms with Crippen molar-refractivity contribution in [3.8, 4) is 0 Å². The minimum absolute atomic E-state index is 0.180. The van der Waals surface area contributed by atoms with E-state index in [9.17, 15) is 4.79 Å². The average Bonchev–Trinajstić information content (AvgIpc) is 2.82. The second-order valence-electron chi connectivity index (χ2n) is 7.87. The Kier molecular flexibility index (Phi) is 5.55. The monoisotopic (exact) mass is 323 g/mol. The Balaban J connectivity index is 1.98. The van der Waals surface area contributed by atoms with Gasteiger partial charge in [-0.05, 0) is 53.6 Å². The van der Waals surface area contributed by atoms with E-state index in [1.807, 2.05) is 4.90 Å². The molecular formula is C17H33N5O. The summed E-state index contributed by atoms with van der Waals surface area (Å²) in [6, 6.07) is 0.226. The third kappa shape index (κ3) is 4.16. The van der Waals surface area contributed by atoms with Crippen LogP contribution in [0.3, 0.4) is 0 Å². The number of likely N-dealkylation sites (tertiary alicyclic amines) is 1. The van der Waals surface area contributed by atoms with Crippen LogP contribution in [0.5, 0.6) is 0 Å². The summed E-state index contributed by atoms with van der Waals surface area (Å²) in [7, 11) is 3.97. The van der Waals surface area contributed by atoms with E-state index in [-0.39, 0.29) is 17.5 Å². The Bertz CT molecular complexity index is 460. The van der Waals surface area contributed by atoms with Crippen LogP contribution in [0.15, 0.2) is 4.99 Å². The highest BCUT2D eigenvalue weighted by Crippen LogP contribution is 2.24. The molecule has 0 bridgehead atoms. The van der Waals surface area contributed by atoms with Gasteiger partial charge in [-0.15, -0.1) is 0 Å². The van der Waals surface area contributed by atoms with E-state index < -0.39 is 0 Å². The maximum atomic E-state index is 12.6. The molecule has 2 saturated heterocycles. The number of aliphatic imine (C=N–C) groups is 1. The second-order valence-corrected chi connectivity index (χ2v) is 7.87. The Morgan fingerprint density at radius 1 is 1.43 bits per heavy atom. The summed E-state index contributed by atoms with van der Waals surface area (Å²) in [5.41, 5.74) is -0.186. The van der Waals surface area contributed by atoms with E-state index in [0.29, 0.717) is 12.5 Å². The highest BCUT2D eigenvalue weighted by Gasteiger charge is 2.40. The van der Waals surface area contributed by atoms with Crippen LogP contribution in [0, 0.1) is 5.92 Å². The predicted octanol–water partition coefficient (Wildman–Crippen LogP) is 0.845. The molecule has 0 aromatic heterocycles. The summed E-state index contributed by atoms with van der Waals surface area (Å²) in [4.78, 5) is 23.5. The van der Waals surface area contributed by atoms with Gasteiger partial charge in [0.1, 0.15) is 0 Å². The summed E-state index contributed by atoms with van der Waals surface area (Å²) >= 11 is 0. The normalized spacial score (nSPS) is 26.3. The van der Waals surface area contributed by atoms with E-state index in [1.54, 1.807) is 7.05 Å². The second kappa shape index (κ2) is 7.07. The van der Waals surface area contributed by atoms with Crippen LogP contribution in [-0.4, -0.2) is 85.0 Å². The number of hydrogen-bond donors (Lipinski definition) is 1. The van der Waals surface area contributed by atoms with Gasteiger partial charge in [0.05, 0.1) is 12.1 Å². The zero-order valence-electron chi connectivity index (χ0n) is 15.6. The minimum Gasteiger partial charge on any atom is -0.356 e. The summed E-state index contributed by atoms with van der Waals surface area (Å²) in [5.74, 6) is 1.70. The van der Waals surface area contributed by atoms with Gasteiger partial charge in [-0.25, -0.2) is 0 Å². The Labute approximate surface area is 140 Å². The van der Waals surface area contributed by atoms with Gasteiger partial charge in [-0.2, -0.15) is 0 Å². The maximum absolute atomic E-state index is 12.6. The van der Waals surface area contributed by atoms with Crippen molar-refractivity contribution in [2.45, 2.75) is 45.7 Å². The molecule has 2 rings (SSSR count). The number of amides is 1. The number of carbonyl (C=O) groups is 1. The average molecular weight is 323 g/mol. The molecule has 1 atom stereocenters. The summed E-state index contributed by atoms with van der Waals surface area (Å²) in [6.45, 7) is 12.9. The van der Waals surface area contributed by atoms with Crippen LogP contribution in [0.4, 0.5) is 0 Å². The topological polar surface area (TPSA) is 51.2 Å². The van der Waals surface area contributed by atoms with Crippen molar-refractivity contribution in [2.24, 2.45) is 10.9 Å². The summed E-state index contributed by atoms with van der Waals surface area (Å²) in [6.07, 6.45) is 1.23. The van der Waals surface area contributed by atoms with E-state index in [0.717, 1.165) is 25.6 Å². The van der Waals surface area contributed by atoms with Gasteiger partial charge in [0.2, 0.25) is 5.91 Å². The van der Waals surface area contributed by atoms with Gasteiger partial charge in [0.25, 0.3) is 0 Å². The smallest absolute Gasteiger partial charge is 0.242 e. The minimum atomic E-state index is -0.186. The molecule has 0 aromatic rings. The van der Waals surface area contributed by atoms with Crippen LogP contribution in [0.1, 0.15) is 34.1 Å². The highest BCUT2D eigenvalue weighted by molar-refractivity contribution is 5.88. The van der Waals surface area contributed by atoms with Crippen LogP contribution < -0.4 is 5.32 Å². The molecule has 0 spiro atoms. The fourth-order valence-electron chi connectivity index (χ4n) is 4.07. The SMILES string of the molecule is CN=C(NCC1CCN(C)C1)N1CC(=O)N(C(C)C)C(C)(C)C1. The van der Waals surface area contributed by atoms with Crippen molar-refractivity contribution >= 4 is 11.9 Å². The lowest BCUT2D eigenvalue weighted by Crippen LogP contribution is -2.66. The third-order valence-corrected chi connectivity index (χ3v) is 4.89. The first-order valence-electron chi connectivity index (χ1n) is 8.71. The first-order valence-corrected chi connectivity index (χ1v) is 8.71. The van der Waals surface area contributed by atoms with Gasteiger partial charge >= 0.3 is 0 Å². The van der Waals surface area contributed by atoms with Crippen LogP contribution >= 0.6 is 0 Å². The van der Waals surface area contributed by atoms with Gasteiger partial charge in [-0.3, -0.25) is 9.79 Å². The lowest BCUT2D eigenvalue weighted by atomic mass is 9.96. The zero-order valence-corrected chi connectivity index (χ0v) is 15.6. The number of guanidine groups is 1. The standard InChI is InChI=1S/C17H33N5O/c1-13(2)22-15(23)11-21(12-17(22,3)4)16(18-5)19-9-14-7-8-20(6)10-14/h13-14H,7-12H2,1-6H3,(H,18,19). The summed E-state index contributed by atoms with van der Waals surface area (Å²) in [5, 5.41) is 3.48. The number of carbonyl (C=O) groups excluding carboxylic acids is 1. The molecule has 0 aliphatic carbocycles. The Morgan fingerprint density at radius 2 is 2.13 bits per heavy atom. The molecule has 1 N–H and O–H groups in total. The molecule has 0 radical (unpaired) electrons. The van der Waals surface area contributed by atoms with Crippen molar-refractivity contribution < 1.29 is 4.79 Å². The van der Waals surface area contributed by atoms with Crippen molar-refractivity contribution in [3.05, 3.63) is 0 Å². The summed E-state index contributed by atoms with van der Waals surface area (Å²) < 4.78 is 0. The molecule has 1 unspecified atom stereocenters. The number of rotatable bonds is 3. The van der Waals surface area contributed by atoms with Gasteiger partial charge in [0, 0.05) is 32.7 Å². The van der Waals surface area contributed by atoms with Crippen LogP contribution in [0.25, 0.3) is 0 Å². The van der Waals surface area contributed by atoms with Crippen LogP contribution in [0.2, 0.25) is 0 Å². The van der Waals surface area contributed by atoms with Gasteiger partial charge in [-0.1, -0.05) is 0 Å². The molecule has 2 aliphatic heterocycles. The number of nitrogens with zero attached hydrogens (tertiary/aromatic N) is 4. The molecule has 6 heteroatoms. The molecule has 2 heterocycles. The zero-order chi connectivity index (χ0) is 17.2. The molecule has 0 saturated carbocycles. The van der Waals surface area contributed by atoms with Crippen molar-refractivity contribution in [1.82, 2.24) is 20.0 Å². The lowest BCUT2D eigenvalue weighted by Gasteiger charge is -2.49. The largest absolute Gasteiger partial charge is 0.356 e. The molecule has 2 aliphatic rings. The molecular weight excluding hydrogens is 290 g/mol. The van der Waals surface area contributed by atoms with Crippen molar-refractivity contribution in [1.29, 1.82) is 0 Å². The fraction of sp³-hybridized carbons (Fsp3) is 0.882. The highest BCUT2D eigenvalue weighted by atomic mass is 16.2. The first kappa shape index (κ1) is 18.0. The molecule has 23 heavy (non-hydrogen) atoms. The van der Waals surface area contributed by atoms with E-state index in [1.165, 1.54) is 13.0 Å². The molecule has 132 valence electrons. The van der Waals surface area contributed by atoms with E-state index in [2.05, 4.69) is 54.9 Å². The van der Waals surface area contributed by atoms with Crippen LogP contribution in [-0.2, 0) is 4.79 Å². The fourth-order valence-corrected chi connectivity index (χ4v) is 4.07. The predicted molar refractivity (Wildman–Crippen MR) is 94.6 cm³/mol. The van der Waals surface area contributed by atoms with Crippen molar-refractivity contribution in [2.75, 3.05) is 46.8 Å². The maximum Gasteiger partial charge on any atom is 0.242 e. The molecule has 2 fully saturated rings. The molecule has 0 aromatic carbocycles. The number of hydrogen-bond acceptors (Lipinski definition) is 3.